The third-order valence-corrected chi connectivity index (χ3v) is 15.5. The number of H-pyrrole nitrogens is 1. The van der Waals surface area contributed by atoms with Crippen LogP contribution < -0.4 is 0 Å². The number of aromatic amines is 1. The largest absolute Gasteiger partial charge is 0.387 e. The van der Waals surface area contributed by atoms with Crippen molar-refractivity contribution in [2.75, 3.05) is 0 Å². The summed E-state index contributed by atoms with van der Waals surface area (Å²) in [5.74, 6) is -0.346. The zero-order valence-corrected chi connectivity index (χ0v) is 27.1. The number of hydrogen-bond acceptors (Lipinski definition) is 7. The fourth-order valence-electron chi connectivity index (χ4n) is 13.0. The lowest BCUT2D eigenvalue weighted by molar-refractivity contribution is -0.285. The highest BCUT2D eigenvalue weighted by atomic mass is 16.7. The molecule has 14 unspecified atom stereocenters. The molecule has 4 heterocycles. The lowest BCUT2D eigenvalue weighted by Gasteiger charge is -2.67. The maximum atomic E-state index is 13.8. The average Bonchev–Trinajstić information content (AvgIpc) is 3.56. The van der Waals surface area contributed by atoms with Gasteiger partial charge in [0, 0.05) is 67.8 Å². The molecule has 0 amide bonds. The van der Waals surface area contributed by atoms with Crippen LogP contribution in [0.2, 0.25) is 0 Å². The minimum Gasteiger partial charge on any atom is -0.387 e. The summed E-state index contributed by atoms with van der Waals surface area (Å²) in [6.07, 6.45) is 0.892. The molecule has 8 heteroatoms. The van der Waals surface area contributed by atoms with E-state index in [2.05, 4.69) is 39.3 Å². The summed E-state index contributed by atoms with van der Waals surface area (Å²) in [6.45, 7) is 16.7. The van der Waals surface area contributed by atoms with Gasteiger partial charge in [-0.05, 0) is 70.6 Å². The topological polar surface area (TPSA) is 125 Å². The van der Waals surface area contributed by atoms with Crippen molar-refractivity contribution in [1.29, 1.82) is 0 Å². The van der Waals surface area contributed by atoms with Gasteiger partial charge in [-0.15, -0.1) is 0 Å². The van der Waals surface area contributed by atoms with Crippen LogP contribution in [0, 0.1) is 29.1 Å². The third-order valence-electron chi connectivity index (χ3n) is 15.5. The lowest BCUT2D eigenvalue weighted by atomic mass is 9.40. The number of Topliss-reactive ketones (excluding diaryl/α,β-unsaturated/α-hetero) is 1. The first kappa shape index (κ1) is 28.0. The molecule has 14 atom stereocenters. The van der Waals surface area contributed by atoms with Crippen LogP contribution in [0.15, 0.2) is 24.3 Å². The predicted octanol–water partition coefficient (Wildman–Crippen LogP) is 4.73. The lowest BCUT2D eigenvalue weighted by Crippen LogP contribution is -2.76. The fourth-order valence-corrected chi connectivity index (χ4v) is 13.0. The SMILES string of the molecule is C=C(C)C1OC2CCC3(C)C4(C)c5[nH]c6ccc7c8c6c5C(OC(C)(C)C5CC(C(C)C7=O)C85O)C4CCC3(O)C23OC3C1O. The first-order valence-electron chi connectivity index (χ1n) is 17.1. The van der Waals surface area contributed by atoms with Crippen molar-refractivity contribution in [3.05, 3.63) is 46.7 Å². The van der Waals surface area contributed by atoms with Gasteiger partial charge in [0.2, 0.25) is 0 Å². The molecular weight excluding hydrogens is 570 g/mol. The van der Waals surface area contributed by atoms with Gasteiger partial charge in [0.25, 0.3) is 0 Å². The molecule has 5 fully saturated rings. The smallest absolute Gasteiger partial charge is 0.166 e. The van der Waals surface area contributed by atoms with Gasteiger partial charge in [0.15, 0.2) is 11.4 Å². The molecule has 5 aliphatic carbocycles. The highest BCUT2D eigenvalue weighted by molar-refractivity contribution is 6.07. The van der Waals surface area contributed by atoms with E-state index in [0.717, 1.165) is 39.7 Å². The van der Waals surface area contributed by atoms with Crippen LogP contribution in [-0.2, 0) is 25.2 Å². The summed E-state index contributed by atoms with van der Waals surface area (Å²) in [4.78, 5) is 17.6. The molecule has 1 spiro atoms. The molecule has 10 rings (SSSR count). The first-order valence-corrected chi connectivity index (χ1v) is 17.1. The van der Waals surface area contributed by atoms with E-state index in [1.807, 2.05) is 26.0 Å². The van der Waals surface area contributed by atoms with Crippen molar-refractivity contribution in [1.82, 2.24) is 4.98 Å². The van der Waals surface area contributed by atoms with Gasteiger partial charge in [0.05, 0.1) is 17.8 Å². The number of carbonyl (C=O) groups excluding carboxylic acids is 1. The van der Waals surface area contributed by atoms with E-state index in [9.17, 15) is 20.1 Å². The second-order valence-corrected chi connectivity index (χ2v) is 17.1. The first-order chi connectivity index (χ1) is 21.1. The van der Waals surface area contributed by atoms with Crippen LogP contribution in [0.3, 0.4) is 0 Å². The van der Waals surface area contributed by atoms with Crippen LogP contribution in [0.5, 0.6) is 0 Å². The predicted molar refractivity (Wildman–Crippen MR) is 165 cm³/mol. The van der Waals surface area contributed by atoms with E-state index < -0.39 is 51.5 Å². The van der Waals surface area contributed by atoms with Gasteiger partial charge < -0.3 is 34.5 Å². The minimum absolute atomic E-state index is 0.0617. The quantitative estimate of drug-likeness (QED) is 0.270. The molecule has 2 saturated heterocycles. The van der Waals surface area contributed by atoms with Crippen molar-refractivity contribution in [2.45, 2.75) is 132 Å². The Bertz CT molecular complexity index is 1780. The van der Waals surface area contributed by atoms with Crippen LogP contribution in [0.25, 0.3) is 10.9 Å². The summed E-state index contributed by atoms with van der Waals surface area (Å²) in [7, 11) is 0. The van der Waals surface area contributed by atoms with Gasteiger partial charge in [-0.3, -0.25) is 4.79 Å². The standard InChI is InChI=1S/C37H45NO7/c1-15(2)28-27(40)31-37(45-31)22(43-28)11-12-33(6)34(7)18(10-13-35(33,37)41)29-24-23-20(38-30(24)34)9-8-17-25(23)36(42)19(16(3)26(17)39)14-21(36)32(4,5)44-29/h8-9,16,18-19,21-22,27-29,31,38,40-42H,1,10-14H2,2-7H3. The fraction of sp³-hybridized carbons (Fsp3) is 0.703. The molecule has 0 radical (unpaired) electrons. The van der Waals surface area contributed by atoms with Crippen LogP contribution >= 0.6 is 0 Å². The van der Waals surface area contributed by atoms with Gasteiger partial charge in [-0.25, -0.2) is 0 Å². The van der Waals surface area contributed by atoms with Crippen LogP contribution in [-0.4, -0.2) is 67.3 Å². The van der Waals surface area contributed by atoms with Crippen molar-refractivity contribution in [3.63, 3.8) is 0 Å². The third kappa shape index (κ3) is 2.55. The molecule has 8 nitrogen and oxygen atoms in total. The van der Waals surface area contributed by atoms with E-state index in [1.165, 1.54) is 0 Å². The molecule has 8 aliphatic rings. The Morgan fingerprint density at radius 2 is 1.82 bits per heavy atom. The highest BCUT2D eigenvalue weighted by Gasteiger charge is 2.87. The normalized spacial score (nSPS) is 54.2. The van der Waals surface area contributed by atoms with Crippen molar-refractivity contribution >= 4 is 16.7 Å². The average molecular weight is 616 g/mol. The molecule has 240 valence electrons. The number of ketones is 1. The molecule has 1 aromatic carbocycles. The summed E-state index contributed by atoms with van der Waals surface area (Å²) < 4.78 is 20.3. The van der Waals surface area contributed by atoms with E-state index in [1.54, 1.807) is 0 Å². The molecular formula is C37H45NO7. The van der Waals surface area contributed by atoms with Gasteiger partial charge in [-0.1, -0.05) is 27.4 Å². The zero-order chi connectivity index (χ0) is 31.6. The number of rotatable bonds is 1. The van der Waals surface area contributed by atoms with Crippen molar-refractivity contribution in [3.8, 4) is 0 Å². The summed E-state index contributed by atoms with van der Waals surface area (Å²) in [5.41, 5.74) is 0.00630. The molecule has 1 aromatic heterocycles. The van der Waals surface area contributed by atoms with Crippen LogP contribution in [0.1, 0.15) is 107 Å². The van der Waals surface area contributed by atoms with Crippen LogP contribution in [0.4, 0.5) is 0 Å². The van der Waals surface area contributed by atoms with E-state index >= 15 is 0 Å². The Hall–Kier alpha value is -2.07. The zero-order valence-electron chi connectivity index (χ0n) is 27.1. The minimum atomic E-state index is -1.26. The summed E-state index contributed by atoms with van der Waals surface area (Å²) >= 11 is 0. The molecule has 3 aliphatic heterocycles. The highest BCUT2D eigenvalue weighted by Crippen LogP contribution is 2.78. The molecule has 4 N–H and O–H groups in total. The Morgan fingerprint density at radius 3 is 2.56 bits per heavy atom. The maximum absolute atomic E-state index is 13.8. The number of ether oxygens (including phenoxy) is 3. The van der Waals surface area contributed by atoms with Crippen molar-refractivity contribution < 1.29 is 34.3 Å². The Balaban J connectivity index is 1.21. The second kappa shape index (κ2) is 7.63. The summed E-state index contributed by atoms with van der Waals surface area (Å²) in [6, 6.07) is 3.92. The Kier molecular flexibility index (Phi) is 4.75. The number of aromatic nitrogens is 1. The van der Waals surface area contributed by atoms with Gasteiger partial charge >= 0.3 is 0 Å². The van der Waals surface area contributed by atoms with E-state index in [0.29, 0.717) is 31.2 Å². The number of hydrogen-bond donors (Lipinski definition) is 4. The number of carbonyl (C=O) groups is 1. The molecule has 2 aromatic rings. The Labute approximate surface area is 263 Å². The van der Waals surface area contributed by atoms with Gasteiger partial charge in [-0.2, -0.15) is 0 Å². The number of fused-ring (bicyclic) bond motifs is 5. The molecule has 0 bridgehead atoms. The number of benzene rings is 1. The van der Waals surface area contributed by atoms with Gasteiger partial charge in [0.1, 0.15) is 29.5 Å². The Morgan fingerprint density at radius 1 is 1.07 bits per heavy atom. The molecule has 45 heavy (non-hydrogen) atoms. The van der Waals surface area contributed by atoms with Crippen molar-refractivity contribution in [2.24, 2.45) is 29.1 Å². The second-order valence-electron chi connectivity index (χ2n) is 17.1. The monoisotopic (exact) mass is 615 g/mol. The van der Waals surface area contributed by atoms with E-state index in [-0.39, 0.29) is 41.7 Å². The molecule has 3 saturated carbocycles. The number of aliphatic hydroxyl groups excluding tert-OH is 1. The number of epoxide rings is 1. The number of nitrogens with one attached hydrogen (secondary N) is 1. The maximum Gasteiger partial charge on any atom is 0.166 e. The number of aliphatic hydroxyl groups is 3. The summed E-state index contributed by atoms with van der Waals surface area (Å²) in [5, 5.41) is 38.3. The van der Waals surface area contributed by atoms with E-state index in [4.69, 9.17) is 14.2 Å².